The van der Waals surface area contributed by atoms with Crippen molar-refractivity contribution in [3.05, 3.63) is 102 Å². The summed E-state index contributed by atoms with van der Waals surface area (Å²) >= 11 is 0. The summed E-state index contributed by atoms with van der Waals surface area (Å²) < 4.78 is 0. The Morgan fingerprint density at radius 1 is 0.750 bits per heavy atom. The van der Waals surface area contributed by atoms with E-state index in [1.54, 1.807) is 30.3 Å². The number of allylic oxidation sites excluding steroid dienone is 1. The second kappa shape index (κ2) is 7.21. The molecule has 24 heavy (non-hydrogen) atoms. The minimum absolute atomic E-state index is 0.133. The Hall–Kier alpha value is -3.44. The van der Waals surface area contributed by atoms with Crippen LogP contribution in [0.1, 0.15) is 15.9 Å². The number of carbonyl (C=O) groups excluding carboxylic acids is 1. The highest BCUT2D eigenvalue weighted by atomic mass is 16.1. The third-order valence-electron chi connectivity index (χ3n) is 3.73. The van der Waals surface area contributed by atoms with Gasteiger partial charge in [-0.15, -0.1) is 0 Å². The van der Waals surface area contributed by atoms with Gasteiger partial charge in [-0.25, -0.2) is 0 Å². The molecule has 2 nitrogen and oxygen atoms in total. The molecule has 3 aromatic carbocycles. The van der Waals surface area contributed by atoms with Crippen molar-refractivity contribution in [3.8, 4) is 17.2 Å². The highest BCUT2D eigenvalue weighted by Gasteiger charge is 2.11. The van der Waals surface area contributed by atoms with Crippen molar-refractivity contribution in [2.24, 2.45) is 0 Å². The average molecular weight is 309 g/mol. The van der Waals surface area contributed by atoms with Crippen LogP contribution < -0.4 is 0 Å². The Kier molecular flexibility index (Phi) is 4.65. The minimum atomic E-state index is -0.259. The van der Waals surface area contributed by atoms with Crippen LogP contribution in [0.4, 0.5) is 0 Å². The van der Waals surface area contributed by atoms with E-state index in [1.165, 1.54) is 0 Å². The van der Waals surface area contributed by atoms with Gasteiger partial charge in [-0.2, -0.15) is 5.26 Å². The molecule has 0 saturated carbocycles. The van der Waals surface area contributed by atoms with Gasteiger partial charge in [-0.05, 0) is 22.8 Å². The van der Waals surface area contributed by atoms with E-state index in [-0.39, 0.29) is 11.4 Å². The predicted molar refractivity (Wildman–Crippen MR) is 96.2 cm³/mol. The predicted octanol–water partition coefficient (Wildman–Crippen LogP) is 5.14. The molecule has 3 aromatic rings. The maximum absolute atomic E-state index is 12.4. The van der Waals surface area contributed by atoms with Crippen LogP contribution >= 0.6 is 0 Å². The van der Waals surface area contributed by atoms with E-state index < -0.39 is 0 Å². The summed E-state index contributed by atoms with van der Waals surface area (Å²) in [5.74, 6) is -0.259. The van der Waals surface area contributed by atoms with Crippen molar-refractivity contribution in [2.75, 3.05) is 0 Å². The van der Waals surface area contributed by atoms with E-state index >= 15 is 0 Å². The Bertz CT molecular complexity index is 902. The van der Waals surface area contributed by atoms with Crippen LogP contribution in [0.2, 0.25) is 0 Å². The van der Waals surface area contributed by atoms with Gasteiger partial charge in [0.15, 0.2) is 0 Å². The third kappa shape index (κ3) is 3.48. The zero-order valence-electron chi connectivity index (χ0n) is 13.0. The van der Waals surface area contributed by atoms with Crippen LogP contribution in [-0.4, -0.2) is 5.78 Å². The third-order valence-corrected chi connectivity index (χ3v) is 3.73. The van der Waals surface area contributed by atoms with Gasteiger partial charge in [0.2, 0.25) is 5.78 Å². The van der Waals surface area contributed by atoms with E-state index in [4.69, 9.17) is 0 Å². The van der Waals surface area contributed by atoms with Gasteiger partial charge in [-0.1, -0.05) is 84.9 Å². The monoisotopic (exact) mass is 309 g/mol. The lowest BCUT2D eigenvalue weighted by atomic mass is 10.00. The summed E-state index contributed by atoms with van der Waals surface area (Å²) in [5, 5.41) is 9.31. The Morgan fingerprint density at radius 2 is 1.29 bits per heavy atom. The molecule has 0 radical (unpaired) electrons. The quantitative estimate of drug-likeness (QED) is 0.380. The van der Waals surface area contributed by atoms with Gasteiger partial charge in [0.05, 0.1) is 0 Å². The molecule has 0 fully saturated rings. The first kappa shape index (κ1) is 15.5. The molecule has 0 saturated heterocycles. The normalized spacial score (nSPS) is 10.9. The molecule has 3 rings (SSSR count). The molecule has 2 heteroatoms. The first-order valence-corrected chi connectivity index (χ1v) is 7.65. The largest absolute Gasteiger partial charge is 0.288 e. The van der Waals surface area contributed by atoms with Gasteiger partial charge in [-0.3, -0.25) is 4.79 Å². The van der Waals surface area contributed by atoms with E-state index in [0.29, 0.717) is 5.56 Å². The molecule has 0 aromatic heterocycles. The molecule has 0 heterocycles. The van der Waals surface area contributed by atoms with Crippen molar-refractivity contribution in [3.63, 3.8) is 0 Å². The molecule has 114 valence electrons. The van der Waals surface area contributed by atoms with Gasteiger partial charge < -0.3 is 0 Å². The number of hydrogen-bond donors (Lipinski definition) is 0. The first-order valence-electron chi connectivity index (χ1n) is 7.65. The Morgan fingerprint density at radius 3 is 1.88 bits per heavy atom. The van der Waals surface area contributed by atoms with E-state index in [2.05, 4.69) is 0 Å². The summed E-state index contributed by atoms with van der Waals surface area (Å²) in [4.78, 5) is 12.4. The number of nitrogens with zero attached hydrogens (tertiary/aromatic N) is 1. The number of Topliss-reactive ketones (excluding diaryl/α,β-unsaturated/α-hetero) is 1. The maximum Gasteiger partial charge on any atom is 0.203 e. The fourth-order valence-corrected chi connectivity index (χ4v) is 2.46. The summed E-state index contributed by atoms with van der Waals surface area (Å²) in [6.07, 6.45) is 1.63. The van der Waals surface area contributed by atoms with E-state index in [9.17, 15) is 10.1 Å². The second-order valence-electron chi connectivity index (χ2n) is 5.35. The molecule has 0 aliphatic rings. The lowest BCUT2D eigenvalue weighted by Gasteiger charge is -2.03. The molecule has 0 atom stereocenters. The fourth-order valence-electron chi connectivity index (χ4n) is 2.46. The zero-order chi connectivity index (χ0) is 16.8. The smallest absolute Gasteiger partial charge is 0.203 e. The molecule has 0 bridgehead atoms. The first-order chi connectivity index (χ1) is 11.8. The van der Waals surface area contributed by atoms with Crippen LogP contribution in [0.15, 0.2) is 90.5 Å². The maximum atomic E-state index is 12.4. The number of rotatable bonds is 4. The van der Waals surface area contributed by atoms with Crippen LogP contribution in [-0.2, 0) is 0 Å². The SMILES string of the molecule is N#C/C(=C/c1ccc(-c2ccccc2)cc1)C(=O)c1ccccc1. The fraction of sp³-hybridized carbons (Fsp3) is 0. The highest BCUT2D eigenvalue weighted by Crippen LogP contribution is 2.20. The van der Waals surface area contributed by atoms with Gasteiger partial charge in [0, 0.05) is 5.56 Å². The van der Waals surface area contributed by atoms with Gasteiger partial charge >= 0.3 is 0 Å². The zero-order valence-corrected chi connectivity index (χ0v) is 13.0. The van der Waals surface area contributed by atoms with Crippen molar-refractivity contribution in [1.29, 1.82) is 5.26 Å². The average Bonchev–Trinajstić information content (AvgIpc) is 2.67. The van der Waals surface area contributed by atoms with Crippen LogP contribution in [0.25, 0.3) is 17.2 Å². The molecular formula is C22H15NO. The number of carbonyl (C=O) groups is 1. The Labute approximate surface area is 141 Å². The van der Waals surface area contributed by atoms with Crippen LogP contribution in [0.5, 0.6) is 0 Å². The van der Waals surface area contributed by atoms with Gasteiger partial charge in [0.25, 0.3) is 0 Å². The van der Waals surface area contributed by atoms with Gasteiger partial charge in [0.1, 0.15) is 11.6 Å². The van der Waals surface area contributed by atoms with E-state index in [1.807, 2.05) is 66.7 Å². The molecule has 0 amide bonds. The number of ketones is 1. The highest BCUT2D eigenvalue weighted by molar-refractivity contribution is 6.14. The molecular weight excluding hydrogens is 294 g/mol. The molecule has 0 N–H and O–H groups in total. The van der Waals surface area contributed by atoms with Crippen molar-refractivity contribution in [2.45, 2.75) is 0 Å². The van der Waals surface area contributed by atoms with Crippen LogP contribution in [0.3, 0.4) is 0 Å². The van der Waals surface area contributed by atoms with E-state index in [0.717, 1.165) is 16.7 Å². The molecule has 0 unspecified atom stereocenters. The number of benzene rings is 3. The lowest BCUT2D eigenvalue weighted by Crippen LogP contribution is -2.01. The Balaban J connectivity index is 1.87. The second-order valence-corrected chi connectivity index (χ2v) is 5.35. The number of hydrogen-bond acceptors (Lipinski definition) is 2. The minimum Gasteiger partial charge on any atom is -0.288 e. The summed E-state index contributed by atoms with van der Waals surface area (Å²) in [5.41, 5.74) is 3.71. The van der Waals surface area contributed by atoms with Crippen molar-refractivity contribution in [1.82, 2.24) is 0 Å². The van der Waals surface area contributed by atoms with Crippen molar-refractivity contribution >= 4 is 11.9 Å². The van der Waals surface area contributed by atoms with Crippen molar-refractivity contribution < 1.29 is 4.79 Å². The lowest BCUT2D eigenvalue weighted by molar-refractivity contribution is 0.104. The van der Waals surface area contributed by atoms with Crippen LogP contribution in [0, 0.1) is 11.3 Å². The summed E-state index contributed by atoms with van der Waals surface area (Å²) in [7, 11) is 0. The molecule has 0 aliphatic carbocycles. The molecule has 0 aliphatic heterocycles. The molecule has 0 spiro atoms. The number of nitriles is 1. The standard InChI is InChI=1S/C22H15NO/c23-16-21(22(24)20-9-5-2-6-10-20)15-17-11-13-19(14-12-17)18-7-3-1-4-8-18/h1-15H/b21-15-. The summed E-state index contributed by atoms with van der Waals surface area (Å²) in [6.45, 7) is 0. The summed E-state index contributed by atoms with van der Waals surface area (Å²) in [6, 6.07) is 28.7. The topological polar surface area (TPSA) is 40.9 Å².